The third-order valence-electron chi connectivity index (χ3n) is 5.28. The summed E-state index contributed by atoms with van der Waals surface area (Å²) in [4.78, 5) is 2.34. The molecule has 1 heterocycles. The number of nitrogens with zero attached hydrogens (tertiary/aromatic N) is 1. The Hall–Kier alpha value is -1.09. The van der Waals surface area contributed by atoms with Crippen LogP contribution in [0.1, 0.15) is 50.5 Å². The molecule has 3 heteroatoms. The molecule has 0 radical (unpaired) electrons. The van der Waals surface area contributed by atoms with Gasteiger partial charge >= 0.3 is 0 Å². The van der Waals surface area contributed by atoms with Gasteiger partial charge in [-0.05, 0) is 54.9 Å². The fourth-order valence-electron chi connectivity index (χ4n) is 3.97. The highest BCUT2D eigenvalue weighted by Gasteiger charge is 2.35. The van der Waals surface area contributed by atoms with E-state index in [-0.39, 0.29) is 5.82 Å². The Balaban J connectivity index is 1.70. The van der Waals surface area contributed by atoms with Crippen LogP contribution in [-0.4, -0.2) is 13.1 Å². The van der Waals surface area contributed by atoms with Crippen molar-refractivity contribution in [3.63, 3.8) is 0 Å². The maximum atomic E-state index is 13.6. The highest BCUT2D eigenvalue weighted by Crippen LogP contribution is 2.45. The van der Waals surface area contributed by atoms with Crippen molar-refractivity contribution in [2.24, 2.45) is 11.1 Å². The predicted molar refractivity (Wildman–Crippen MR) is 81.3 cm³/mol. The van der Waals surface area contributed by atoms with Crippen LogP contribution in [0.25, 0.3) is 0 Å². The van der Waals surface area contributed by atoms with E-state index in [2.05, 4.69) is 4.90 Å². The average Bonchev–Trinajstić information content (AvgIpc) is 2.48. The number of nitrogens with two attached hydrogens (primary N) is 1. The van der Waals surface area contributed by atoms with Crippen molar-refractivity contribution in [2.45, 2.75) is 51.5 Å². The minimum Gasteiger partial charge on any atom is -0.371 e. The minimum absolute atomic E-state index is 0.166. The molecule has 2 aliphatic rings. The van der Waals surface area contributed by atoms with Gasteiger partial charge in [0.25, 0.3) is 0 Å². The number of piperidine rings is 1. The van der Waals surface area contributed by atoms with Gasteiger partial charge in [-0.3, -0.25) is 0 Å². The standard InChI is InChI=1S/C17H25FN2/c18-15-10-14(13-19)11-16(12-15)20-8-6-17(7-9-20)4-2-1-3-5-17/h10-12H,1-9,13,19H2. The van der Waals surface area contributed by atoms with Crippen molar-refractivity contribution < 1.29 is 4.39 Å². The lowest BCUT2D eigenvalue weighted by Crippen LogP contribution is -2.41. The van der Waals surface area contributed by atoms with Gasteiger partial charge in [0.05, 0.1) is 0 Å². The van der Waals surface area contributed by atoms with Gasteiger partial charge in [0.1, 0.15) is 5.82 Å². The van der Waals surface area contributed by atoms with Gasteiger partial charge in [-0.2, -0.15) is 0 Å². The van der Waals surface area contributed by atoms with E-state index in [1.165, 1.54) is 51.0 Å². The van der Waals surface area contributed by atoms with Crippen LogP contribution in [0.2, 0.25) is 0 Å². The zero-order valence-corrected chi connectivity index (χ0v) is 12.2. The fraction of sp³-hybridized carbons (Fsp3) is 0.647. The van der Waals surface area contributed by atoms with Crippen LogP contribution in [0.5, 0.6) is 0 Å². The largest absolute Gasteiger partial charge is 0.371 e. The maximum Gasteiger partial charge on any atom is 0.125 e. The molecule has 0 atom stereocenters. The zero-order chi connectivity index (χ0) is 14.0. The Morgan fingerprint density at radius 2 is 1.70 bits per heavy atom. The molecule has 1 spiro atoms. The van der Waals surface area contributed by atoms with E-state index in [1.807, 2.05) is 6.07 Å². The van der Waals surface area contributed by atoms with Gasteiger partial charge in [-0.25, -0.2) is 4.39 Å². The van der Waals surface area contributed by atoms with Gasteiger partial charge < -0.3 is 10.6 Å². The Morgan fingerprint density at radius 1 is 1.00 bits per heavy atom. The van der Waals surface area contributed by atoms with Gasteiger partial charge in [0.2, 0.25) is 0 Å². The summed E-state index contributed by atoms with van der Waals surface area (Å²) >= 11 is 0. The molecule has 2 N–H and O–H groups in total. The first-order valence-electron chi connectivity index (χ1n) is 7.95. The molecule has 1 aliphatic carbocycles. The fourth-order valence-corrected chi connectivity index (χ4v) is 3.97. The number of hydrogen-bond donors (Lipinski definition) is 1. The number of anilines is 1. The lowest BCUT2D eigenvalue weighted by atomic mass is 9.68. The van der Waals surface area contributed by atoms with Crippen molar-refractivity contribution >= 4 is 5.69 Å². The number of halogens is 1. The molecule has 2 nitrogen and oxygen atoms in total. The van der Waals surface area contributed by atoms with Crippen molar-refractivity contribution in [1.82, 2.24) is 0 Å². The highest BCUT2D eigenvalue weighted by atomic mass is 19.1. The summed E-state index contributed by atoms with van der Waals surface area (Å²) in [5.74, 6) is -0.166. The van der Waals surface area contributed by atoms with Crippen molar-refractivity contribution in [3.8, 4) is 0 Å². The second kappa shape index (κ2) is 5.72. The van der Waals surface area contributed by atoms with E-state index >= 15 is 0 Å². The molecule has 2 fully saturated rings. The third-order valence-corrected chi connectivity index (χ3v) is 5.28. The molecule has 1 aliphatic heterocycles. The average molecular weight is 276 g/mol. The van der Waals surface area contributed by atoms with E-state index in [1.54, 1.807) is 6.07 Å². The SMILES string of the molecule is NCc1cc(F)cc(N2CCC3(CCCCC3)CC2)c1. The Kier molecular flexibility index (Phi) is 3.97. The van der Waals surface area contributed by atoms with Crippen LogP contribution in [0, 0.1) is 11.2 Å². The van der Waals surface area contributed by atoms with Crippen LogP contribution in [0.3, 0.4) is 0 Å². The summed E-state index contributed by atoms with van der Waals surface area (Å²) in [5.41, 5.74) is 8.14. The second-order valence-electron chi connectivity index (χ2n) is 6.57. The second-order valence-corrected chi connectivity index (χ2v) is 6.57. The monoisotopic (exact) mass is 276 g/mol. The summed E-state index contributed by atoms with van der Waals surface area (Å²) < 4.78 is 13.6. The number of hydrogen-bond acceptors (Lipinski definition) is 2. The van der Waals surface area contributed by atoms with E-state index in [4.69, 9.17) is 5.73 Å². The molecule has 0 unspecified atom stereocenters. The third kappa shape index (κ3) is 2.83. The molecule has 20 heavy (non-hydrogen) atoms. The molecule has 0 amide bonds. The van der Waals surface area contributed by atoms with Crippen LogP contribution in [-0.2, 0) is 6.54 Å². The molecule has 1 aromatic carbocycles. The summed E-state index contributed by atoms with van der Waals surface area (Å²) in [6.07, 6.45) is 9.54. The lowest BCUT2D eigenvalue weighted by molar-refractivity contribution is 0.144. The van der Waals surface area contributed by atoms with Crippen molar-refractivity contribution in [2.75, 3.05) is 18.0 Å². The van der Waals surface area contributed by atoms with E-state index in [0.29, 0.717) is 12.0 Å². The minimum atomic E-state index is -0.166. The normalized spacial score (nSPS) is 22.2. The number of rotatable bonds is 2. The summed E-state index contributed by atoms with van der Waals surface area (Å²) in [6, 6.07) is 5.23. The topological polar surface area (TPSA) is 29.3 Å². The molecule has 110 valence electrons. The molecular formula is C17H25FN2. The molecular weight excluding hydrogens is 251 g/mol. The predicted octanol–water partition coefficient (Wildman–Crippen LogP) is 3.84. The number of benzene rings is 1. The van der Waals surface area contributed by atoms with E-state index in [0.717, 1.165) is 24.3 Å². The smallest absolute Gasteiger partial charge is 0.125 e. The lowest BCUT2D eigenvalue weighted by Gasteiger charge is -2.45. The van der Waals surface area contributed by atoms with Gasteiger partial charge in [0.15, 0.2) is 0 Å². The first kappa shape index (κ1) is 13.9. The van der Waals surface area contributed by atoms with Gasteiger partial charge in [-0.1, -0.05) is 19.3 Å². The van der Waals surface area contributed by atoms with Gasteiger partial charge in [-0.15, -0.1) is 0 Å². The summed E-state index contributed by atoms with van der Waals surface area (Å²) in [5, 5.41) is 0. The Bertz CT molecular complexity index is 456. The first-order chi connectivity index (χ1) is 9.71. The van der Waals surface area contributed by atoms with Crippen molar-refractivity contribution in [3.05, 3.63) is 29.6 Å². The Labute approximate surface area is 121 Å². The van der Waals surface area contributed by atoms with Gasteiger partial charge in [0, 0.05) is 25.3 Å². The highest BCUT2D eigenvalue weighted by molar-refractivity contribution is 5.49. The van der Waals surface area contributed by atoms with E-state index in [9.17, 15) is 4.39 Å². The van der Waals surface area contributed by atoms with Crippen LogP contribution >= 0.6 is 0 Å². The molecule has 3 rings (SSSR count). The quantitative estimate of drug-likeness (QED) is 0.889. The molecule has 0 bridgehead atoms. The van der Waals surface area contributed by atoms with Crippen LogP contribution in [0.15, 0.2) is 18.2 Å². The first-order valence-corrected chi connectivity index (χ1v) is 7.95. The summed E-state index contributed by atoms with van der Waals surface area (Å²) in [7, 11) is 0. The zero-order valence-electron chi connectivity index (χ0n) is 12.2. The maximum absolute atomic E-state index is 13.6. The Morgan fingerprint density at radius 3 is 2.35 bits per heavy atom. The summed E-state index contributed by atoms with van der Waals surface area (Å²) in [6.45, 7) is 2.53. The molecule has 0 aromatic heterocycles. The van der Waals surface area contributed by atoms with Crippen molar-refractivity contribution in [1.29, 1.82) is 0 Å². The molecule has 1 aromatic rings. The molecule has 1 saturated heterocycles. The molecule has 1 saturated carbocycles. The van der Waals surface area contributed by atoms with E-state index < -0.39 is 0 Å². The van der Waals surface area contributed by atoms with Crippen LogP contribution < -0.4 is 10.6 Å². The van der Waals surface area contributed by atoms with Crippen LogP contribution in [0.4, 0.5) is 10.1 Å².